The molecule has 0 aliphatic carbocycles. The zero-order valence-corrected chi connectivity index (χ0v) is 11.0. The van der Waals surface area contributed by atoms with Crippen molar-refractivity contribution in [2.75, 3.05) is 13.7 Å². The van der Waals surface area contributed by atoms with Crippen LogP contribution in [0.3, 0.4) is 0 Å². The van der Waals surface area contributed by atoms with Crippen LogP contribution in [0.4, 0.5) is 0 Å². The Labute approximate surface area is 106 Å². The third-order valence-corrected chi connectivity index (χ3v) is 3.60. The van der Waals surface area contributed by atoms with Crippen molar-refractivity contribution in [2.24, 2.45) is 0 Å². The molecule has 1 aliphatic heterocycles. The van der Waals surface area contributed by atoms with E-state index in [0.29, 0.717) is 6.54 Å². The maximum atomic E-state index is 11.2. The van der Waals surface area contributed by atoms with Crippen molar-refractivity contribution >= 4 is 5.97 Å². The molecule has 1 aliphatic rings. The number of rotatable bonds is 4. The van der Waals surface area contributed by atoms with E-state index in [2.05, 4.69) is 23.9 Å². The van der Waals surface area contributed by atoms with Gasteiger partial charge in [0, 0.05) is 12.1 Å². The molecule has 1 fully saturated rings. The van der Waals surface area contributed by atoms with Gasteiger partial charge >= 0.3 is 5.97 Å². The molecular weight excluding hydrogens is 234 g/mol. The van der Waals surface area contributed by atoms with Crippen molar-refractivity contribution in [1.82, 2.24) is 5.32 Å². The van der Waals surface area contributed by atoms with E-state index in [0.717, 1.165) is 18.8 Å². The monoisotopic (exact) mass is 253 g/mol. The van der Waals surface area contributed by atoms with Crippen molar-refractivity contribution in [2.45, 2.75) is 38.5 Å². The van der Waals surface area contributed by atoms with E-state index in [1.165, 1.54) is 7.11 Å². The molecule has 2 atom stereocenters. The van der Waals surface area contributed by atoms with Gasteiger partial charge in [0.25, 0.3) is 0 Å². The van der Waals surface area contributed by atoms with Crippen LogP contribution in [-0.4, -0.2) is 31.3 Å². The van der Waals surface area contributed by atoms with E-state index in [1.807, 2.05) is 0 Å². The highest BCUT2D eigenvalue weighted by Gasteiger charge is 2.36. The Hall–Kier alpha value is -1.33. The van der Waals surface area contributed by atoms with E-state index in [-0.39, 0.29) is 17.4 Å². The van der Waals surface area contributed by atoms with Gasteiger partial charge in [0.05, 0.1) is 19.8 Å². The van der Waals surface area contributed by atoms with Gasteiger partial charge < -0.3 is 19.2 Å². The standard InChI is InChI=1S/C13H19NO4/c1-9-13(2,6-7-17-9)14-8-10-4-5-11(18-10)12(15)16-3/h4-5,9,14H,6-8H2,1-3H3. The molecule has 1 aromatic heterocycles. The first kappa shape index (κ1) is 13.1. The Balaban J connectivity index is 1.94. The predicted molar refractivity (Wildman–Crippen MR) is 65.3 cm³/mol. The summed E-state index contributed by atoms with van der Waals surface area (Å²) < 4.78 is 15.5. The van der Waals surface area contributed by atoms with Crippen LogP contribution in [0.2, 0.25) is 0 Å². The molecule has 2 unspecified atom stereocenters. The summed E-state index contributed by atoms with van der Waals surface area (Å²) in [7, 11) is 1.33. The molecule has 0 radical (unpaired) electrons. The van der Waals surface area contributed by atoms with E-state index in [4.69, 9.17) is 9.15 Å². The maximum absolute atomic E-state index is 11.2. The minimum absolute atomic E-state index is 0.0434. The molecular formula is C13H19NO4. The summed E-state index contributed by atoms with van der Waals surface area (Å²) in [4.78, 5) is 11.2. The topological polar surface area (TPSA) is 60.7 Å². The molecule has 0 bridgehead atoms. The third kappa shape index (κ3) is 2.57. The third-order valence-electron chi connectivity index (χ3n) is 3.60. The fourth-order valence-electron chi connectivity index (χ4n) is 2.04. The van der Waals surface area contributed by atoms with Gasteiger partial charge in [-0.1, -0.05) is 0 Å². The quantitative estimate of drug-likeness (QED) is 0.828. The highest BCUT2D eigenvalue weighted by Crippen LogP contribution is 2.25. The second-order valence-electron chi connectivity index (χ2n) is 4.79. The lowest BCUT2D eigenvalue weighted by molar-refractivity contribution is 0.0561. The number of hydrogen-bond donors (Lipinski definition) is 1. The molecule has 5 nitrogen and oxygen atoms in total. The minimum atomic E-state index is -0.454. The molecule has 1 N–H and O–H groups in total. The SMILES string of the molecule is COC(=O)c1ccc(CNC2(C)CCOC2C)o1. The Kier molecular flexibility index (Phi) is 3.73. The molecule has 0 saturated carbocycles. The van der Waals surface area contributed by atoms with Crippen LogP contribution >= 0.6 is 0 Å². The highest BCUT2D eigenvalue weighted by molar-refractivity contribution is 5.86. The molecule has 2 heterocycles. The van der Waals surface area contributed by atoms with Crippen molar-refractivity contribution < 1.29 is 18.7 Å². The Morgan fingerprint density at radius 1 is 1.61 bits per heavy atom. The number of nitrogens with one attached hydrogen (secondary N) is 1. The van der Waals surface area contributed by atoms with Gasteiger partial charge in [-0.05, 0) is 32.4 Å². The van der Waals surface area contributed by atoms with Crippen molar-refractivity contribution in [3.63, 3.8) is 0 Å². The molecule has 1 saturated heterocycles. The van der Waals surface area contributed by atoms with Gasteiger partial charge in [-0.25, -0.2) is 4.79 Å². The normalized spacial score (nSPS) is 27.4. The van der Waals surface area contributed by atoms with Crippen LogP contribution < -0.4 is 5.32 Å². The highest BCUT2D eigenvalue weighted by atomic mass is 16.5. The number of methoxy groups -OCH3 is 1. The zero-order valence-electron chi connectivity index (χ0n) is 11.0. The largest absolute Gasteiger partial charge is 0.463 e. The lowest BCUT2D eigenvalue weighted by Gasteiger charge is -2.28. The number of hydrogen-bond acceptors (Lipinski definition) is 5. The molecule has 2 rings (SSSR count). The van der Waals surface area contributed by atoms with Gasteiger partial charge in [-0.3, -0.25) is 0 Å². The Morgan fingerprint density at radius 3 is 3.00 bits per heavy atom. The second kappa shape index (κ2) is 5.12. The first-order valence-corrected chi connectivity index (χ1v) is 6.09. The smallest absolute Gasteiger partial charge is 0.373 e. The first-order valence-electron chi connectivity index (χ1n) is 6.09. The number of furan rings is 1. The Bertz CT molecular complexity index is 428. The minimum Gasteiger partial charge on any atom is -0.463 e. The number of carbonyl (C=O) groups excluding carboxylic acids is 1. The van der Waals surface area contributed by atoms with Gasteiger partial charge in [-0.15, -0.1) is 0 Å². The van der Waals surface area contributed by atoms with Crippen LogP contribution in [0.15, 0.2) is 16.5 Å². The fourth-order valence-corrected chi connectivity index (χ4v) is 2.04. The van der Waals surface area contributed by atoms with Crippen molar-refractivity contribution in [3.8, 4) is 0 Å². The van der Waals surface area contributed by atoms with Gasteiger partial charge in [0.15, 0.2) is 0 Å². The number of carbonyl (C=O) groups is 1. The lowest BCUT2D eigenvalue weighted by Crippen LogP contribution is -2.47. The lowest BCUT2D eigenvalue weighted by atomic mass is 9.95. The molecule has 0 aromatic carbocycles. The summed E-state index contributed by atoms with van der Waals surface area (Å²) >= 11 is 0. The van der Waals surface area contributed by atoms with Crippen molar-refractivity contribution in [1.29, 1.82) is 0 Å². The summed E-state index contributed by atoms with van der Waals surface area (Å²) in [5, 5.41) is 3.42. The summed E-state index contributed by atoms with van der Waals surface area (Å²) in [5.41, 5.74) is -0.0434. The predicted octanol–water partition coefficient (Wildman–Crippen LogP) is 1.72. The average molecular weight is 253 g/mol. The van der Waals surface area contributed by atoms with E-state index >= 15 is 0 Å². The van der Waals surface area contributed by atoms with Crippen LogP contribution in [0.5, 0.6) is 0 Å². The van der Waals surface area contributed by atoms with Crippen LogP contribution in [0.25, 0.3) is 0 Å². The summed E-state index contributed by atoms with van der Waals surface area (Å²) in [6.45, 7) is 5.54. The summed E-state index contributed by atoms with van der Waals surface area (Å²) in [6.07, 6.45) is 1.14. The van der Waals surface area contributed by atoms with Gasteiger partial charge in [0.1, 0.15) is 5.76 Å². The molecule has 0 amide bonds. The van der Waals surface area contributed by atoms with Gasteiger partial charge in [0.2, 0.25) is 5.76 Å². The van der Waals surface area contributed by atoms with Crippen LogP contribution in [0.1, 0.15) is 36.6 Å². The van der Waals surface area contributed by atoms with Crippen LogP contribution in [-0.2, 0) is 16.0 Å². The average Bonchev–Trinajstić information content (AvgIpc) is 2.95. The fraction of sp³-hybridized carbons (Fsp3) is 0.615. The Morgan fingerprint density at radius 2 is 2.39 bits per heavy atom. The number of ether oxygens (including phenoxy) is 2. The number of esters is 1. The van der Waals surface area contributed by atoms with Crippen LogP contribution in [0, 0.1) is 0 Å². The maximum Gasteiger partial charge on any atom is 0.373 e. The van der Waals surface area contributed by atoms with E-state index in [9.17, 15) is 4.79 Å². The molecule has 18 heavy (non-hydrogen) atoms. The molecule has 0 spiro atoms. The summed E-state index contributed by atoms with van der Waals surface area (Å²) in [5.74, 6) is 0.496. The second-order valence-corrected chi connectivity index (χ2v) is 4.79. The first-order chi connectivity index (χ1) is 8.55. The van der Waals surface area contributed by atoms with E-state index in [1.54, 1.807) is 12.1 Å². The summed E-state index contributed by atoms with van der Waals surface area (Å²) in [6, 6.07) is 3.41. The molecule has 100 valence electrons. The molecule has 1 aromatic rings. The van der Waals surface area contributed by atoms with Crippen molar-refractivity contribution in [3.05, 3.63) is 23.7 Å². The van der Waals surface area contributed by atoms with Gasteiger partial charge in [-0.2, -0.15) is 0 Å². The molecule has 5 heteroatoms. The zero-order chi connectivity index (χ0) is 13.2. The van der Waals surface area contributed by atoms with E-state index < -0.39 is 5.97 Å².